The second kappa shape index (κ2) is 5.24. The molecule has 0 spiro atoms. The van der Waals surface area contributed by atoms with Crippen molar-refractivity contribution in [3.05, 3.63) is 0 Å². The second-order valence-corrected chi connectivity index (χ2v) is 3.90. The van der Waals surface area contributed by atoms with E-state index in [1.807, 2.05) is 0 Å². The summed E-state index contributed by atoms with van der Waals surface area (Å²) in [5, 5.41) is 0. The first kappa shape index (κ1) is 11.4. The summed E-state index contributed by atoms with van der Waals surface area (Å²) in [6.07, 6.45) is 1.28. The zero-order valence-corrected chi connectivity index (χ0v) is 9.30. The van der Waals surface area contributed by atoms with Gasteiger partial charge in [-0.25, -0.2) is 0 Å². The van der Waals surface area contributed by atoms with Gasteiger partial charge in [0.1, 0.15) is 0 Å². The molecule has 0 saturated carbocycles. The van der Waals surface area contributed by atoms with Crippen LogP contribution in [0, 0.1) is 0 Å². The van der Waals surface area contributed by atoms with Gasteiger partial charge >= 0.3 is 0 Å². The third-order valence-electron chi connectivity index (χ3n) is 2.35. The van der Waals surface area contributed by atoms with Crippen molar-refractivity contribution in [2.24, 2.45) is 0 Å². The summed E-state index contributed by atoms with van der Waals surface area (Å²) in [6.45, 7) is 1.65. The zero-order valence-electron chi connectivity index (χ0n) is 8.40. The molecule has 0 unspecified atom stereocenters. The summed E-state index contributed by atoms with van der Waals surface area (Å²) >= 11 is 4.00. The van der Waals surface area contributed by atoms with Crippen LogP contribution in [0.25, 0.3) is 0 Å². The molecule has 14 heavy (non-hydrogen) atoms. The fourth-order valence-corrected chi connectivity index (χ4v) is 1.64. The lowest BCUT2D eigenvalue weighted by Gasteiger charge is -2.19. The Morgan fingerprint density at radius 2 is 2.21 bits per heavy atom. The molecule has 0 aliphatic carbocycles. The normalized spacial score (nSPS) is 18.3. The molecule has 1 heterocycles. The number of rotatable bonds is 2. The van der Waals surface area contributed by atoms with E-state index >= 15 is 0 Å². The highest BCUT2D eigenvalue weighted by atomic mass is 32.1. The molecule has 1 aliphatic heterocycles. The molecule has 0 aromatic rings. The van der Waals surface area contributed by atoms with Crippen LogP contribution < -0.4 is 0 Å². The van der Waals surface area contributed by atoms with E-state index in [4.69, 9.17) is 0 Å². The highest BCUT2D eigenvalue weighted by molar-refractivity contribution is 7.80. The average molecular weight is 216 g/mol. The Morgan fingerprint density at radius 3 is 2.86 bits per heavy atom. The topological polar surface area (TPSA) is 40.6 Å². The third-order valence-corrected chi connectivity index (χ3v) is 2.58. The summed E-state index contributed by atoms with van der Waals surface area (Å²) in [4.78, 5) is 26.3. The van der Waals surface area contributed by atoms with Gasteiger partial charge in [0.05, 0.1) is 6.54 Å². The van der Waals surface area contributed by atoms with Crippen molar-refractivity contribution in [2.45, 2.75) is 12.8 Å². The highest BCUT2D eigenvalue weighted by Crippen LogP contribution is 2.04. The Labute approximate surface area is 89.7 Å². The van der Waals surface area contributed by atoms with Crippen molar-refractivity contribution in [3.8, 4) is 0 Å². The monoisotopic (exact) mass is 216 g/mol. The van der Waals surface area contributed by atoms with Gasteiger partial charge in [0.25, 0.3) is 0 Å². The first-order chi connectivity index (χ1) is 6.65. The lowest BCUT2D eigenvalue weighted by molar-refractivity contribution is -0.137. The van der Waals surface area contributed by atoms with Gasteiger partial charge in [0.15, 0.2) is 0 Å². The molecule has 0 N–H and O–H groups in total. The molecule has 4 nitrogen and oxygen atoms in total. The van der Waals surface area contributed by atoms with E-state index < -0.39 is 0 Å². The summed E-state index contributed by atoms with van der Waals surface area (Å²) < 4.78 is 0. The number of carbonyl (C=O) groups excluding carboxylic acids is 2. The van der Waals surface area contributed by atoms with Crippen molar-refractivity contribution in [1.82, 2.24) is 9.80 Å². The Kier molecular flexibility index (Phi) is 4.25. The quantitative estimate of drug-likeness (QED) is 0.660. The number of hydrogen-bond donors (Lipinski definition) is 1. The number of amides is 2. The SMILES string of the molecule is CN1CCCN(C(=O)CCS)CC1=O. The molecule has 2 amide bonds. The van der Waals surface area contributed by atoms with Crippen LogP contribution in [0.1, 0.15) is 12.8 Å². The maximum absolute atomic E-state index is 11.5. The predicted octanol–water partition coefficient (Wildman–Crippen LogP) is -0.00300. The molecular formula is C9H16N2O2S. The third kappa shape index (κ3) is 2.90. The van der Waals surface area contributed by atoms with Crippen molar-refractivity contribution in [2.75, 3.05) is 32.4 Å². The van der Waals surface area contributed by atoms with Gasteiger partial charge in [-0.3, -0.25) is 9.59 Å². The minimum atomic E-state index is 0.0232. The highest BCUT2D eigenvalue weighted by Gasteiger charge is 2.21. The van der Waals surface area contributed by atoms with Crippen molar-refractivity contribution in [1.29, 1.82) is 0 Å². The van der Waals surface area contributed by atoms with Crippen LogP contribution in [0.3, 0.4) is 0 Å². The average Bonchev–Trinajstić information content (AvgIpc) is 2.30. The van der Waals surface area contributed by atoms with Crippen LogP contribution in [0.4, 0.5) is 0 Å². The molecular weight excluding hydrogens is 200 g/mol. The van der Waals surface area contributed by atoms with Gasteiger partial charge < -0.3 is 9.80 Å². The van der Waals surface area contributed by atoms with Crippen molar-refractivity contribution >= 4 is 24.4 Å². The molecule has 80 valence electrons. The summed E-state index contributed by atoms with van der Waals surface area (Å²) in [5.74, 6) is 0.595. The lowest BCUT2D eigenvalue weighted by Crippen LogP contribution is -2.38. The minimum absolute atomic E-state index is 0.0232. The number of carbonyl (C=O) groups is 2. The maximum atomic E-state index is 11.5. The smallest absolute Gasteiger partial charge is 0.241 e. The van der Waals surface area contributed by atoms with E-state index in [9.17, 15) is 9.59 Å². The van der Waals surface area contributed by atoms with Crippen LogP contribution in [-0.2, 0) is 9.59 Å². The van der Waals surface area contributed by atoms with E-state index in [0.717, 1.165) is 13.0 Å². The van der Waals surface area contributed by atoms with E-state index in [0.29, 0.717) is 18.7 Å². The Balaban J connectivity index is 2.54. The molecule has 0 radical (unpaired) electrons. The number of hydrogen-bond acceptors (Lipinski definition) is 3. The van der Waals surface area contributed by atoms with Crippen LogP contribution in [-0.4, -0.2) is 54.0 Å². The van der Waals surface area contributed by atoms with Gasteiger partial charge in [0, 0.05) is 26.6 Å². The van der Waals surface area contributed by atoms with Gasteiger partial charge in [-0.15, -0.1) is 0 Å². The fraction of sp³-hybridized carbons (Fsp3) is 0.778. The van der Waals surface area contributed by atoms with Crippen LogP contribution in [0.15, 0.2) is 0 Å². The molecule has 0 bridgehead atoms. The molecule has 0 atom stereocenters. The second-order valence-electron chi connectivity index (χ2n) is 3.46. The van der Waals surface area contributed by atoms with Gasteiger partial charge in [-0.05, 0) is 12.2 Å². The number of thiol groups is 1. The molecule has 1 aliphatic rings. The number of nitrogens with zero attached hydrogens (tertiary/aromatic N) is 2. The number of likely N-dealkylation sites (N-methyl/N-ethyl adjacent to an activating group) is 1. The van der Waals surface area contributed by atoms with Crippen LogP contribution in [0.2, 0.25) is 0 Å². The first-order valence-corrected chi connectivity index (χ1v) is 5.41. The summed E-state index contributed by atoms with van der Waals surface area (Å²) in [5.41, 5.74) is 0. The molecule has 0 aromatic heterocycles. The maximum Gasteiger partial charge on any atom is 0.241 e. The zero-order chi connectivity index (χ0) is 10.6. The van der Waals surface area contributed by atoms with Crippen LogP contribution >= 0.6 is 12.6 Å². The molecule has 1 fully saturated rings. The van der Waals surface area contributed by atoms with E-state index in [2.05, 4.69) is 12.6 Å². The molecule has 1 saturated heterocycles. The fourth-order valence-electron chi connectivity index (χ4n) is 1.45. The van der Waals surface area contributed by atoms with Crippen molar-refractivity contribution in [3.63, 3.8) is 0 Å². The first-order valence-electron chi connectivity index (χ1n) is 4.77. The summed E-state index contributed by atoms with van der Waals surface area (Å²) in [7, 11) is 1.77. The Bertz CT molecular complexity index is 233. The van der Waals surface area contributed by atoms with Crippen LogP contribution in [0.5, 0.6) is 0 Å². The summed E-state index contributed by atoms with van der Waals surface area (Å²) in [6, 6.07) is 0. The largest absolute Gasteiger partial charge is 0.344 e. The Morgan fingerprint density at radius 1 is 1.50 bits per heavy atom. The van der Waals surface area contributed by atoms with E-state index in [1.165, 1.54) is 0 Å². The molecule has 0 aromatic carbocycles. The molecule has 5 heteroatoms. The standard InChI is InChI=1S/C9H16N2O2S/c1-10-4-2-5-11(7-9(10)13)8(12)3-6-14/h14H,2-7H2,1H3. The van der Waals surface area contributed by atoms with Crippen molar-refractivity contribution < 1.29 is 9.59 Å². The lowest BCUT2D eigenvalue weighted by atomic mass is 10.3. The van der Waals surface area contributed by atoms with E-state index in [1.54, 1.807) is 16.8 Å². The van der Waals surface area contributed by atoms with Gasteiger partial charge in [-0.2, -0.15) is 12.6 Å². The predicted molar refractivity (Wildman–Crippen MR) is 57.3 cm³/mol. The van der Waals surface area contributed by atoms with Gasteiger partial charge in [0.2, 0.25) is 11.8 Å². The van der Waals surface area contributed by atoms with E-state index in [-0.39, 0.29) is 18.4 Å². The minimum Gasteiger partial charge on any atom is -0.344 e. The Hall–Kier alpha value is -0.710. The van der Waals surface area contributed by atoms with Gasteiger partial charge in [-0.1, -0.05) is 0 Å². The molecule has 1 rings (SSSR count).